The first-order valence-corrected chi connectivity index (χ1v) is 8.86. The van der Waals surface area contributed by atoms with E-state index in [4.69, 9.17) is 0 Å². The highest BCUT2D eigenvalue weighted by Crippen LogP contribution is 2.37. The molecule has 3 aromatic rings. The molecule has 1 heterocycles. The van der Waals surface area contributed by atoms with Crippen molar-refractivity contribution in [2.24, 2.45) is 5.92 Å². The van der Waals surface area contributed by atoms with E-state index in [1.165, 1.54) is 18.2 Å². The number of hydrogen-bond donors (Lipinski definition) is 4. The van der Waals surface area contributed by atoms with Gasteiger partial charge >= 0.3 is 11.1 Å². The lowest BCUT2D eigenvalue weighted by molar-refractivity contribution is -0.385. The van der Waals surface area contributed by atoms with E-state index in [2.05, 4.69) is 15.3 Å². The standard InChI is InChI=1S/C19H16N4O6/c24-15-4-2-1-3-10(15)17(25)20-8-9-5-11-12(6-9)16-13(7-14(11)23(28)29)21-18(26)19(27)22-16/h1-4,7,9,24H,5-6,8H2,(H,20,25)(H,21,26)(H,22,27). The van der Waals surface area contributed by atoms with Crippen molar-refractivity contribution in [1.82, 2.24) is 15.3 Å². The molecular weight excluding hydrogens is 380 g/mol. The first-order chi connectivity index (χ1) is 13.8. The van der Waals surface area contributed by atoms with Gasteiger partial charge < -0.3 is 20.4 Å². The van der Waals surface area contributed by atoms with Crippen molar-refractivity contribution >= 4 is 22.6 Å². The van der Waals surface area contributed by atoms with Gasteiger partial charge in [-0.3, -0.25) is 24.5 Å². The topological polar surface area (TPSA) is 158 Å². The van der Waals surface area contributed by atoms with Crippen molar-refractivity contribution in [2.45, 2.75) is 12.8 Å². The molecule has 0 saturated carbocycles. The highest BCUT2D eigenvalue weighted by atomic mass is 16.6. The number of carbonyl (C=O) groups excluding carboxylic acids is 1. The average molecular weight is 396 g/mol. The molecule has 1 unspecified atom stereocenters. The van der Waals surface area contributed by atoms with Gasteiger partial charge in [0.05, 0.1) is 21.5 Å². The van der Waals surface area contributed by atoms with Crippen molar-refractivity contribution in [2.75, 3.05) is 6.54 Å². The number of phenols is 1. The summed E-state index contributed by atoms with van der Waals surface area (Å²) in [5, 5.41) is 24.0. The van der Waals surface area contributed by atoms with Gasteiger partial charge in [-0.25, -0.2) is 0 Å². The van der Waals surface area contributed by atoms with E-state index in [-0.39, 0.29) is 35.0 Å². The predicted molar refractivity (Wildman–Crippen MR) is 103 cm³/mol. The Kier molecular flexibility index (Phi) is 4.38. The third kappa shape index (κ3) is 3.24. The van der Waals surface area contributed by atoms with Crippen molar-refractivity contribution in [1.29, 1.82) is 0 Å². The Morgan fingerprint density at radius 2 is 1.86 bits per heavy atom. The lowest BCUT2D eigenvalue weighted by atomic mass is 10.1. The summed E-state index contributed by atoms with van der Waals surface area (Å²) in [5.74, 6) is -0.724. The van der Waals surface area contributed by atoms with E-state index in [1.807, 2.05) is 0 Å². The smallest absolute Gasteiger partial charge is 0.314 e. The van der Waals surface area contributed by atoms with Crippen LogP contribution in [0.4, 0.5) is 5.69 Å². The van der Waals surface area contributed by atoms with E-state index >= 15 is 0 Å². The zero-order chi connectivity index (χ0) is 20.7. The second-order valence-corrected chi connectivity index (χ2v) is 6.94. The maximum absolute atomic E-state index is 12.3. The molecule has 2 aromatic carbocycles. The van der Waals surface area contributed by atoms with Crippen LogP contribution in [0.25, 0.3) is 11.0 Å². The number of rotatable bonds is 4. The van der Waals surface area contributed by atoms with Crippen molar-refractivity contribution < 1.29 is 14.8 Å². The summed E-state index contributed by atoms with van der Waals surface area (Å²) in [4.78, 5) is 51.5. The lowest BCUT2D eigenvalue weighted by Gasteiger charge is -2.11. The van der Waals surface area contributed by atoms with Gasteiger partial charge in [-0.15, -0.1) is 0 Å². The number of aromatic nitrogens is 2. The van der Waals surface area contributed by atoms with Crippen molar-refractivity contribution in [3.63, 3.8) is 0 Å². The van der Waals surface area contributed by atoms with Gasteiger partial charge in [0.1, 0.15) is 5.75 Å². The second-order valence-electron chi connectivity index (χ2n) is 6.94. The maximum Gasteiger partial charge on any atom is 0.314 e. The molecule has 0 bridgehead atoms. The van der Waals surface area contributed by atoms with Crippen LogP contribution in [0, 0.1) is 16.0 Å². The van der Waals surface area contributed by atoms with Gasteiger partial charge in [0, 0.05) is 18.2 Å². The van der Waals surface area contributed by atoms with Crippen LogP contribution in [0.15, 0.2) is 39.9 Å². The minimum atomic E-state index is -0.878. The van der Waals surface area contributed by atoms with Crippen LogP contribution in [0.1, 0.15) is 21.5 Å². The van der Waals surface area contributed by atoms with Crippen LogP contribution in [0.2, 0.25) is 0 Å². The lowest BCUT2D eigenvalue weighted by Crippen LogP contribution is -2.30. The average Bonchev–Trinajstić information content (AvgIpc) is 3.11. The third-order valence-corrected chi connectivity index (χ3v) is 5.10. The molecule has 4 N–H and O–H groups in total. The van der Waals surface area contributed by atoms with Gasteiger partial charge in [0.15, 0.2) is 0 Å². The van der Waals surface area contributed by atoms with Crippen LogP contribution in [0.3, 0.4) is 0 Å². The molecule has 0 saturated heterocycles. The Hall–Kier alpha value is -3.95. The number of hydrogen-bond acceptors (Lipinski definition) is 6. The highest BCUT2D eigenvalue weighted by molar-refractivity contribution is 5.96. The Balaban J connectivity index is 1.63. The molecule has 0 fully saturated rings. The van der Waals surface area contributed by atoms with E-state index in [0.29, 0.717) is 29.5 Å². The van der Waals surface area contributed by atoms with Crippen LogP contribution in [-0.2, 0) is 12.8 Å². The predicted octanol–water partition coefficient (Wildman–Crippen LogP) is 0.975. The Bertz CT molecular complexity index is 1280. The molecule has 1 aliphatic carbocycles. The highest BCUT2D eigenvalue weighted by Gasteiger charge is 2.31. The zero-order valence-corrected chi connectivity index (χ0v) is 15.0. The number of nitro groups is 1. The molecule has 0 spiro atoms. The number of nitrogens with one attached hydrogen (secondary N) is 3. The Morgan fingerprint density at radius 3 is 2.59 bits per heavy atom. The van der Waals surface area contributed by atoms with Crippen LogP contribution < -0.4 is 16.4 Å². The van der Waals surface area contributed by atoms with E-state index < -0.39 is 21.9 Å². The number of fused-ring (bicyclic) bond motifs is 3. The van der Waals surface area contributed by atoms with E-state index in [9.17, 15) is 29.6 Å². The van der Waals surface area contributed by atoms with Crippen molar-refractivity contribution in [3.05, 3.63) is 77.8 Å². The maximum atomic E-state index is 12.3. The van der Waals surface area contributed by atoms with Crippen LogP contribution >= 0.6 is 0 Å². The molecule has 0 radical (unpaired) electrons. The number of para-hydroxylation sites is 1. The van der Waals surface area contributed by atoms with Gasteiger partial charge in [0.25, 0.3) is 11.6 Å². The minimum absolute atomic E-state index is 0.135. The normalized spacial score (nSPS) is 15.2. The molecule has 10 nitrogen and oxygen atoms in total. The number of nitrogens with zero attached hydrogens (tertiary/aromatic N) is 1. The third-order valence-electron chi connectivity index (χ3n) is 5.10. The Morgan fingerprint density at radius 1 is 1.17 bits per heavy atom. The molecule has 1 aliphatic rings. The van der Waals surface area contributed by atoms with Gasteiger partial charge in [-0.2, -0.15) is 0 Å². The van der Waals surface area contributed by atoms with E-state index in [0.717, 1.165) is 0 Å². The quantitative estimate of drug-likeness (QED) is 0.292. The number of nitro benzene ring substituents is 1. The summed E-state index contributed by atoms with van der Waals surface area (Å²) in [7, 11) is 0. The SMILES string of the molecule is O=C(NCC1Cc2c([N+](=O)[O-])cc3[nH]c(=O)c(=O)[nH]c3c2C1)c1ccccc1O. The number of carbonyl (C=O) groups is 1. The van der Waals surface area contributed by atoms with Gasteiger partial charge in [0.2, 0.25) is 0 Å². The molecule has 1 aromatic heterocycles. The van der Waals surface area contributed by atoms with Crippen LogP contribution in [0.5, 0.6) is 5.75 Å². The summed E-state index contributed by atoms with van der Waals surface area (Å²) in [5.41, 5.74) is -0.0767. The fourth-order valence-corrected chi connectivity index (χ4v) is 3.76. The molecule has 0 aliphatic heterocycles. The minimum Gasteiger partial charge on any atom is -0.507 e. The largest absolute Gasteiger partial charge is 0.507 e. The summed E-state index contributed by atoms with van der Waals surface area (Å²) in [6, 6.07) is 7.39. The summed E-state index contributed by atoms with van der Waals surface area (Å²) in [6.45, 7) is 0.230. The molecular formula is C19H16N4O6. The zero-order valence-electron chi connectivity index (χ0n) is 15.0. The molecule has 1 atom stereocenters. The molecule has 4 rings (SSSR count). The first kappa shape index (κ1) is 18.4. The van der Waals surface area contributed by atoms with E-state index in [1.54, 1.807) is 12.1 Å². The number of aromatic hydroxyl groups is 1. The molecule has 1 amide bonds. The first-order valence-electron chi connectivity index (χ1n) is 8.86. The summed E-state index contributed by atoms with van der Waals surface area (Å²) >= 11 is 0. The van der Waals surface area contributed by atoms with Crippen LogP contribution in [-0.4, -0.2) is 32.4 Å². The molecule has 29 heavy (non-hydrogen) atoms. The number of amides is 1. The Labute approximate surface area is 162 Å². The second kappa shape index (κ2) is 6.89. The van der Waals surface area contributed by atoms with Gasteiger partial charge in [-0.1, -0.05) is 12.1 Å². The number of aromatic amines is 2. The number of phenolic OH excluding ortho intramolecular Hbond substituents is 1. The molecule has 148 valence electrons. The van der Waals surface area contributed by atoms with Gasteiger partial charge in [-0.05, 0) is 36.5 Å². The number of benzene rings is 2. The number of H-pyrrole nitrogens is 2. The monoisotopic (exact) mass is 396 g/mol. The fraction of sp³-hybridized carbons (Fsp3) is 0.211. The summed E-state index contributed by atoms with van der Waals surface area (Å²) in [6.07, 6.45) is 0.723. The fourth-order valence-electron chi connectivity index (χ4n) is 3.76. The molecule has 10 heteroatoms. The van der Waals surface area contributed by atoms with Crippen molar-refractivity contribution in [3.8, 4) is 5.75 Å². The summed E-state index contributed by atoms with van der Waals surface area (Å²) < 4.78 is 0.